The van der Waals surface area contributed by atoms with Crippen LogP contribution in [0.25, 0.3) is 0 Å². The molecule has 0 spiro atoms. The molecule has 0 fully saturated rings. The zero-order valence-electron chi connectivity index (χ0n) is 9.63. The summed E-state index contributed by atoms with van der Waals surface area (Å²) in [5, 5.41) is 0. The fourth-order valence-electron chi connectivity index (χ4n) is 1.61. The van der Waals surface area contributed by atoms with Gasteiger partial charge in [0.1, 0.15) is 0 Å². The summed E-state index contributed by atoms with van der Waals surface area (Å²) in [4.78, 5) is 2.11. The van der Waals surface area contributed by atoms with Crippen LogP contribution in [0.3, 0.4) is 0 Å². The molecule has 0 unspecified atom stereocenters. The molecule has 0 radical (unpaired) electrons. The number of aryl methyl sites for hydroxylation is 1. The van der Waals surface area contributed by atoms with Gasteiger partial charge in [0.25, 0.3) is 0 Å². The van der Waals surface area contributed by atoms with Crippen LogP contribution in [-0.4, -0.2) is 14.1 Å². The maximum atomic E-state index is 4.59. The Labute approximate surface area is 92.5 Å². The fourth-order valence-corrected chi connectivity index (χ4v) is 1.86. The Morgan fingerprint density at radius 2 is 1.79 bits per heavy atom. The van der Waals surface area contributed by atoms with E-state index in [0.29, 0.717) is 0 Å². The second-order valence-corrected chi connectivity index (χ2v) is 5.57. The lowest BCUT2D eigenvalue weighted by Gasteiger charge is -2.22. The molecule has 78 valence electrons. The highest BCUT2D eigenvalue weighted by molar-refractivity contribution is 7.81. The molecule has 1 nitrogen and oxygen atoms in total. The Morgan fingerprint density at radius 3 is 2.14 bits per heavy atom. The predicted molar refractivity (Wildman–Crippen MR) is 67.5 cm³/mol. The van der Waals surface area contributed by atoms with Crippen LogP contribution in [-0.2, 0) is 4.75 Å². The topological polar surface area (TPSA) is 3.24 Å². The van der Waals surface area contributed by atoms with Crippen molar-refractivity contribution in [2.75, 3.05) is 19.0 Å². The van der Waals surface area contributed by atoms with E-state index in [1.54, 1.807) is 0 Å². The summed E-state index contributed by atoms with van der Waals surface area (Å²) in [5.74, 6) is 0. The van der Waals surface area contributed by atoms with Gasteiger partial charge < -0.3 is 4.90 Å². The van der Waals surface area contributed by atoms with Crippen LogP contribution in [0.1, 0.15) is 25.0 Å². The number of anilines is 1. The second kappa shape index (κ2) is 3.85. The summed E-state index contributed by atoms with van der Waals surface area (Å²) < 4.78 is -0.0606. The van der Waals surface area contributed by atoms with Crippen LogP contribution in [0.15, 0.2) is 18.2 Å². The monoisotopic (exact) mass is 209 g/mol. The molecule has 1 aromatic rings. The van der Waals surface area contributed by atoms with Crippen molar-refractivity contribution in [1.29, 1.82) is 0 Å². The van der Waals surface area contributed by atoms with Gasteiger partial charge in [0.05, 0.1) is 0 Å². The van der Waals surface area contributed by atoms with Crippen molar-refractivity contribution in [3.05, 3.63) is 29.3 Å². The quantitative estimate of drug-likeness (QED) is 0.732. The third-order valence-electron chi connectivity index (χ3n) is 2.39. The minimum Gasteiger partial charge on any atom is -0.378 e. The molecule has 0 aromatic heterocycles. The molecule has 0 atom stereocenters. The normalized spacial score (nSPS) is 11.6. The van der Waals surface area contributed by atoms with E-state index in [1.807, 2.05) is 0 Å². The first-order valence-electron chi connectivity index (χ1n) is 4.83. The molecular weight excluding hydrogens is 190 g/mol. The molecule has 0 amide bonds. The van der Waals surface area contributed by atoms with Crippen LogP contribution >= 0.6 is 12.6 Å². The van der Waals surface area contributed by atoms with Gasteiger partial charge in [-0.05, 0) is 44.0 Å². The van der Waals surface area contributed by atoms with E-state index in [1.165, 1.54) is 16.8 Å². The maximum absolute atomic E-state index is 4.59. The van der Waals surface area contributed by atoms with Crippen LogP contribution in [0, 0.1) is 6.92 Å². The molecule has 0 saturated carbocycles. The SMILES string of the molecule is Cc1cc(N(C)C)ccc1C(C)(C)S. The number of thiol groups is 1. The van der Waals surface area contributed by atoms with Gasteiger partial charge >= 0.3 is 0 Å². The summed E-state index contributed by atoms with van der Waals surface area (Å²) in [6.45, 7) is 6.38. The third kappa shape index (κ3) is 2.44. The third-order valence-corrected chi connectivity index (χ3v) is 2.63. The van der Waals surface area contributed by atoms with Crippen LogP contribution in [0.5, 0.6) is 0 Å². The first-order valence-corrected chi connectivity index (χ1v) is 5.28. The lowest BCUT2D eigenvalue weighted by Crippen LogP contribution is -2.13. The smallest absolute Gasteiger partial charge is 0.0363 e. The summed E-state index contributed by atoms with van der Waals surface area (Å²) in [6.07, 6.45) is 0. The fraction of sp³-hybridized carbons (Fsp3) is 0.500. The lowest BCUT2D eigenvalue weighted by molar-refractivity contribution is 0.783. The van der Waals surface area contributed by atoms with Crippen molar-refractivity contribution >= 4 is 18.3 Å². The van der Waals surface area contributed by atoms with Gasteiger partial charge in [-0.2, -0.15) is 12.6 Å². The molecule has 0 N–H and O–H groups in total. The Balaban J connectivity index is 3.15. The maximum Gasteiger partial charge on any atom is 0.0363 e. The Kier molecular flexibility index (Phi) is 3.15. The van der Waals surface area contributed by atoms with Crippen LogP contribution < -0.4 is 4.90 Å². The molecule has 0 aliphatic rings. The zero-order valence-corrected chi connectivity index (χ0v) is 10.5. The lowest BCUT2D eigenvalue weighted by atomic mass is 9.96. The van der Waals surface area contributed by atoms with E-state index >= 15 is 0 Å². The number of hydrogen-bond acceptors (Lipinski definition) is 2. The second-order valence-electron chi connectivity index (χ2n) is 4.45. The summed E-state index contributed by atoms with van der Waals surface area (Å²) in [5.41, 5.74) is 3.84. The Hall–Kier alpha value is -0.630. The summed E-state index contributed by atoms with van der Waals surface area (Å²) in [6, 6.07) is 6.51. The Morgan fingerprint density at radius 1 is 1.21 bits per heavy atom. The number of rotatable bonds is 2. The average Bonchev–Trinajstić information content (AvgIpc) is 2.01. The molecule has 1 aromatic carbocycles. The highest BCUT2D eigenvalue weighted by atomic mass is 32.1. The van der Waals surface area contributed by atoms with Gasteiger partial charge in [0, 0.05) is 24.5 Å². The highest BCUT2D eigenvalue weighted by Gasteiger charge is 2.17. The van der Waals surface area contributed by atoms with Crippen LogP contribution in [0.4, 0.5) is 5.69 Å². The first kappa shape index (κ1) is 11.4. The molecule has 14 heavy (non-hydrogen) atoms. The van der Waals surface area contributed by atoms with Gasteiger partial charge in [-0.1, -0.05) is 6.07 Å². The van der Waals surface area contributed by atoms with Crippen molar-refractivity contribution < 1.29 is 0 Å². The zero-order chi connectivity index (χ0) is 10.9. The largest absolute Gasteiger partial charge is 0.378 e. The number of benzene rings is 1. The highest BCUT2D eigenvalue weighted by Crippen LogP contribution is 2.31. The molecule has 0 heterocycles. The molecule has 2 heteroatoms. The molecule has 1 rings (SSSR count). The van der Waals surface area contributed by atoms with Crippen LogP contribution in [0.2, 0.25) is 0 Å². The van der Waals surface area contributed by atoms with Gasteiger partial charge in [0.2, 0.25) is 0 Å². The minimum absolute atomic E-state index is 0.0606. The van der Waals surface area contributed by atoms with E-state index in [2.05, 4.69) is 70.6 Å². The van der Waals surface area contributed by atoms with Crippen molar-refractivity contribution in [1.82, 2.24) is 0 Å². The Bertz CT molecular complexity index is 324. The number of nitrogens with zero attached hydrogens (tertiary/aromatic N) is 1. The number of hydrogen-bond donors (Lipinski definition) is 1. The molecule has 0 bridgehead atoms. The van der Waals surface area contributed by atoms with Gasteiger partial charge in [-0.15, -0.1) is 0 Å². The van der Waals surface area contributed by atoms with Crippen molar-refractivity contribution in [2.45, 2.75) is 25.5 Å². The minimum atomic E-state index is -0.0606. The molecule has 0 saturated heterocycles. The van der Waals surface area contributed by atoms with E-state index in [4.69, 9.17) is 0 Å². The molecule has 0 aliphatic carbocycles. The van der Waals surface area contributed by atoms with E-state index < -0.39 is 0 Å². The molecular formula is C12H19NS. The van der Waals surface area contributed by atoms with Crippen molar-refractivity contribution in [3.8, 4) is 0 Å². The van der Waals surface area contributed by atoms with Gasteiger partial charge in [0.15, 0.2) is 0 Å². The summed E-state index contributed by atoms with van der Waals surface area (Å²) in [7, 11) is 4.11. The predicted octanol–water partition coefficient (Wildman–Crippen LogP) is 3.23. The average molecular weight is 209 g/mol. The first-order chi connectivity index (χ1) is 6.32. The van der Waals surface area contributed by atoms with Gasteiger partial charge in [-0.3, -0.25) is 0 Å². The van der Waals surface area contributed by atoms with Crippen molar-refractivity contribution in [2.24, 2.45) is 0 Å². The molecule has 0 aliphatic heterocycles. The summed E-state index contributed by atoms with van der Waals surface area (Å²) >= 11 is 4.59. The van der Waals surface area contributed by atoms with E-state index in [-0.39, 0.29) is 4.75 Å². The van der Waals surface area contributed by atoms with E-state index in [9.17, 15) is 0 Å². The van der Waals surface area contributed by atoms with E-state index in [0.717, 1.165) is 0 Å². The van der Waals surface area contributed by atoms with Gasteiger partial charge in [-0.25, -0.2) is 0 Å². The van der Waals surface area contributed by atoms with Crippen molar-refractivity contribution in [3.63, 3.8) is 0 Å². The standard InChI is InChI=1S/C12H19NS/c1-9-8-10(13(4)5)6-7-11(9)12(2,3)14/h6-8,14H,1-5H3.